The van der Waals surface area contributed by atoms with Crippen molar-refractivity contribution in [3.8, 4) is 0 Å². The standard InChI is InChI=1S/C12H17N3.C11H18N2.C10H20N2O2.C9H13N2.2C6H16N2O.C6H16N2.Y/c13-6-8-14-7-5-10-9-15-12-4-2-1-3-11(10)12;12-8-4-5-9-13-10-11-6-2-1-3-7-11;11-5-6-12-7-9-8-13-10(14-9)3-1-2-4-10;10-6-7-11-8-9-4-2-1-3-5-9;1-9-6-2-4-8-5-3-7;7-3-1-2-4-8-5-6-9;1-2-8-6-4-3-5-7;/h1-4,9,14-15H,5-8,13H2;1-3,6-7,13H,4-5,8-10,12H2;9,12H,1-8,11H2;1-4,11H,6-8,10H2;8H,2-7H2,1H3;8-9H,1-7H2;8H,2-7H2,1H3;/q;;;-1;;;;. The molecule has 1 radical (unpaired) electrons. The second-order valence-corrected chi connectivity index (χ2v) is 19.0. The summed E-state index contributed by atoms with van der Waals surface area (Å²) in [5.74, 6) is -0.213. The molecule has 1 saturated heterocycles. The van der Waals surface area contributed by atoms with Crippen LogP contribution < -0.4 is 77.4 Å². The number of nitrogens with two attached hydrogens (primary N) is 7. The molecule has 1 aliphatic carbocycles. The molecule has 3 aromatic carbocycles. The molecule has 23 N–H and O–H groups in total. The Bertz CT molecular complexity index is 1760. The average molecular weight is 1200 g/mol. The average Bonchev–Trinajstić information content (AvgIpc) is 4.25. The van der Waals surface area contributed by atoms with Gasteiger partial charge in [-0.05, 0) is 147 Å². The van der Waals surface area contributed by atoms with Gasteiger partial charge in [0.1, 0.15) is 0 Å². The largest absolute Gasteiger partial charge is 0.395 e. The minimum Gasteiger partial charge on any atom is -0.395 e. The third-order valence-electron chi connectivity index (χ3n) is 12.1. The number of nitrogens with one attached hydrogen (secondary N) is 8. The topological polar surface area (TPSA) is 330 Å². The van der Waals surface area contributed by atoms with E-state index in [9.17, 15) is 0 Å². The van der Waals surface area contributed by atoms with Crippen molar-refractivity contribution < 1.29 is 52.0 Å². The van der Waals surface area contributed by atoms with E-state index in [1.807, 2.05) is 30.3 Å². The monoisotopic (exact) mass is 1200 g/mol. The number of aliphatic hydroxyl groups is 1. The second kappa shape index (κ2) is 62.6. The summed E-state index contributed by atoms with van der Waals surface area (Å²) in [4.78, 5) is 3.28. The number of aromatic amines is 1. The van der Waals surface area contributed by atoms with Crippen LogP contribution in [-0.4, -0.2) is 173 Å². The van der Waals surface area contributed by atoms with E-state index in [1.54, 1.807) is 7.11 Å². The van der Waals surface area contributed by atoms with E-state index >= 15 is 0 Å². The minimum absolute atomic E-state index is 0. The van der Waals surface area contributed by atoms with Gasteiger partial charge in [0, 0.05) is 148 Å². The van der Waals surface area contributed by atoms with E-state index in [4.69, 9.17) is 59.5 Å². The maximum absolute atomic E-state index is 8.34. The van der Waals surface area contributed by atoms with Crippen LogP contribution in [0.5, 0.6) is 0 Å². The molecule has 2 fully saturated rings. The molecule has 459 valence electrons. The number of hydrogen-bond donors (Lipinski definition) is 16. The molecule has 1 saturated carbocycles. The van der Waals surface area contributed by atoms with Gasteiger partial charge < -0.3 is 102 Å². The molecule has 1 aliphatic heterocycles. The van der Waals surface area contributed by atoms with Crippen LogP contribution in [0.4, 0.5) is 0 Å². The number of unbranched alkanes of at least 4 members (excludes halogenated alkanes) is 3. The Labute approximate surface area is 510 Å². The summed E-state index contributed by atoms with van der Waals surface area (Å²) < 4.78 is 16.5. The van der Waals surface area contributed by atoms with E-state index in [1.165, 1.54) is 53.3 Å². The molecule has 4 aromatic rings. The Morgan fingerprint density at radius 3 is 1.75 bits per heavy atom. The van der Waals surface area contributed by atoms with E-state index in [0.29, 0.717) is 32.7 Å². The van der Waals surface area contributed by atoms with Gasteiger partial charge in [0.2, 0.25) is 0 Å². The maximum Gasteiger partial charge on any atom is 0.168 e. The molecule has 2 aliphatic rings. The Morgan fingerprint density at radius 2 is 1.15 bits per heavy atom. The van der Waals surface area contributed by atoms with Gasteiger partial charge in [-0.25, -0.2) is 0 Å². The fourth-order valence-electron chi connectivity index (χ4n) is 7.87. The molecule has 0 bridgehead atoms. The van der Waals surface area contributed by atoms with Crippen molar-refractivity contribution in [2.45, 2.75) is 109 Å². The van der Waals surface area contributed by atoms with Gasteiger partial charge in [-0.2, -0.15) is 30.3 Å². The van der Waals surface area contributed by atoms with Crippen molar-refractivity contribution in [3.05, 3.63) is 108 Å². The van der Waals surface area contributed by atoms with Gasteiger partial charge in [-0.3, -0.25) is 0 Å². The quantitative estimate of drug-likeness (QED) is 0.0230. The van der Waals surface area contributed by atoms with E-state index in [2.05, 4.69) is 110 Å². The summed E-state index contributed by atoms with van der Waals surface area (Å²) in [5, 5.41) is 32.2. The van der Waals surface area contributed by atoms with Crippen molar-refractivity contribution in [1.82, 2.24) is 42.2 Å². The van der Waals surface area contributed by atoms with Crippen molar-refractivity contribution in [1.29, 1.82) is 0 Å². The van der Waals surface area contributed by atoms with Crippen LogP contribution in [0.3, 0.4) is 0 Å². The van der Waals surface area contributed by atoms with Crippen LogP contribution in [-0.2, 0) is 66.4 Å². The maximum atomic E-state index is 8.34. The predicted octanol–water partition coefficient (Wildman–Crippen LogP) is 2.74. The van der Waals surface area contributed by atoms with Crippen LogP contribution in [0.15, 0.2) is 85.1 Å². The third-order valence-corrected chi connectivity index (χ3v) is 12.1. The summed E-state index contributed by atoms with van der Waals surface area (Å²) >= 11 is 0. The number of rotatable bonds is 36. The summed E-state index contributed by atoms with van der Waals surface area (Å²) in [7, 11) is 1.71. The Balaban J connectivity index is 0. The van der Waals surface area contributed by atoms with Crippen molar-refractivity contribution in [2.75, 3.05) is 151 Å². The van der Waals surface area contributed by atoms with E-state index < -0.39 is 0 Å². The SMILES string of the molecule is CCNCCCCN.COCCCNCCN.NCCCCNCCO.NCCCCNCc1ccccc1.NCCNCC1COC2(CCCC2)O1.NCCNCCc1c[nH]c2ccccc12.NCCNCc1[c-]cccc1.[Y]. The van der Waals surface area contributed by atoms with Gasteiger partial charge in [0.05, 0.1) is 19.3 Å². The first-order valence-electron chi connectivity index (χ1n) is 29.7. The minimum atomic E-state index is -0.213. The molecule has 1 unspecified atom stereocenters. The molecule has 19 nitrogen and oxygen atoms in total. The normalized spacial score (nSPS) is 13.6. The predicted molar refractivity (Wildman–Crippen MR) is 334 cm³/mol. The summed E-state index contributed by atoms with van der Waals surface area (Å²) in [6.45, 7) is 22.2. The Morgan fingerprint density at radius 1 is 0.600 bits per heavy atom. The first-order valence-corrected chi connectivity index (χ1v) is 29.7. The van der Waals surface area contributed by atoms with Crippen LogP contribution in [0.25, 0.3) is 10.9 Å². The first-order chi connectivity index (χ1) is 38.9. The smallest absolute Gasteiger partial charge is 0.168 e. The molecule has 1 aromatic heterocycles. The Kier molecular flexibility index (Phi) is 62.4. The molecular formula is C60H116N15O4Y-. The van der Waals surface area contributed by atoms with E-state index in [0.717, 1.165) is 169 Å². The summed E-state index contributed by atoms with van der Waals surface area (Å²) in [6, 6.07) is 29.9. The van der Waals surface area contributed by atoms with Crippen molar-refractivity contribution >= 4 is 10.9 Å². The van der Waals surface area contributed by atoms with Crippen molar-refractivity contribution in [3.63, 3.8) is 0 Å². The number of aliphatic hydroxyl groups excluding tert-OH is 1. The number of hydrogen-bond acceptors (Lipinski definition) is 18. The van der Waals surface area contributed by atoms with Gasteiger partial charge in [-0.1, -0.05) is 55.5 Å². The van der Waals surface area contributed by atoms with Gasteiger partial charge in [0.25, 0.3) is 0 Å². The van der Waals surface area contributed by atoms with Gasteiger partial charge in [-0.15, -0.1) is 5.56 Å². The zero-order valence-electron chi connectivity index (χ0n) is 49.9. The van der Waals surface area contributed by atoms with E-state index in [-0.39, 0.29) is 51.2 Å². The number of ether oxygens (including phenoxy) is 3. The summed E-state index contributed by atoms with van der Waals surface area (Å²) in [6.07, 6.45) is 15.9. The number of para-hydroxylation sites is 1. The number of fused-ring (bicyclic) bond motifs is 1. The zero-order chi connectivity index (χ0) is 57.8. The number of benzene rings is 3. The molecule has 80 heavy (non-hydrogen) atoms. The molecule has 20 heteroatoms. The number of methoxy groups -OCH3 is 1. The fourth-order valence-corrected chi connectivity index (χ4v) is 7.87. The Hall–Kier alpha value is -2.42. The second-order valence-electron chi connectivity index (χ2n) is 19.0. The number of aromatic nitrogens is 1. The third kappa shape index (κ3) is 48.0. The number of H-pyrrole nitrogens is 1. The van der Waals surface area contributed by atoms with Crippen LogP contribution in [0.1, 0.15) is 94.2 Å². The molecular weight excluding hydrogens is 1080 g/mol. The fraction of sp³-hybridized carbons (Fsp3) is 0.667. The molecule has 2 heterocycles. The van der Waals surface area contributed by atoms with Crippen LogP contribution in [0, 0.1) is 6.07 Å². The van der Waals surface area contributed by atoms with Crippen LogP contribution >= 0.6 is 0 Å². The molecule has 1 spiro atoms. The molecule has 1 atom stereocenters. The zero-order valence-corrected chi connectivity index (χ0v) is 52.7. The first kappa shape index (κ1) is 79.7. The van der Waals surface area contributed by atoms with Crippen LogP contribution in [0.2, 0.25) is 0 Å². The van der Waals surface area contributed by atoms with Crippen molar-refractivity contribution in [2.24, 2.45) is 40.1 Å². The molecule has 0 amide bonds. The van der Waals surface area contributed by atoms with Gasteiger partial charge in [0.15, 0.2) is 5.79 Å². The summed E-state index contributed by atoms with van der Waals surface area (Å²) in [5.41, 5.74) is 42.4. The van der Waals surface area contributed by atoms with Gasteiger partial charge >= 0.3 is 0 Å². The molecule has 6 rings (SSSR count).